The van der Waals surface area contributed by atoms with E-state index in [9.17, 15) is 14.7 Å². The average Bonchev–Trinajstić information content (AvgIpc) is 2.52. The van der Waals surface area contributed by atoms with Gasteiger partial charge in [-0.25, -0.2) is 0 Å². The van der Waals surface area contributed by atoms with E-state index in [1.807, 2.05) is 19.1 Å². The fourth-order valence-corrected chi connectivity index (χ4v) is 1.61. The van der Waals surface area contributed by atoms with Crippen molar-refractivity contribution < 1.29 is 9.90 Å². The Hall–Kier alpha value is -2.42. The molecule has 2 rings (SSSR count). The number of benzene rings is 1. The molecule has 0 bridgehead atoms. The van der Waals surface area contributed by atoms with Gasteiger partial charge in [0, 0.05) is 5.56 Å². The Balaban J connectivity index is 2.50. The van der Waals surface area contributed by atoms with Crippen LogP contribution in [0.15, 0.2) is 53.3 Å². The largest absolute Gasteiger partial charge is 0.507 e. The summed E-state index contributed by atoms with van der Waals surface area (Å²) < 4.78 is 0. The van der Waals surface area contributed by atoms with Crippen LogP contribution in [0.25, 0.3) is 0 Å². The second-order valence-corrected chi connectivity index (χ2v) is 4.06. The van der Waals surface area contributed by atoms with Crippen LogP contribution in [0, 0.1) is 6.92 Å². The first kappa shape index (κ1) is 12.0. The molecule has 0 heterocycles. The summed E-state index contributed by atoms with van der Waals surface area (Å²) in [5, 5.41) is 9.72. The number of hydrogen-bond acceptors (Lipinski definition) is 3. The summed E-state index contributed by atoms with van der Waals surface area (Å²) >= 11 is 0. The van der Waals surface area contributed by atoms with Gasteiger partial charge in [0.25, 0.3) is 0 Å². The van der Waals surface area contributed by atoms with E-state index in [0.29, 0.717) is 5.56 Å². The Morgan fingerprint density at radius 2 is 1.56 bits per heavy atom. The van der Waals surface area contributed by atoms with Gasteiger partial charge in [-0.05, 0) is 31.2 Å². The summed E-state index contributed by atoms with van der Waals surface area (Å²) in [4.78, 5) is 23.3. The second kappa shape index (κ2) is 4.84. The van der Waals surface area contributed by atoms with Crippen LogP contribution in [0.5, 0.6) is 5.75 Å². The van der Waals surface area contributed by atoms with Gasteiger partial charge in [0.15, 0.2) is 11.2 Å². The van der Waals surface area contributed by atoms with E-state index in [1.54, 1.807) is 12.1 Å². The highest BCUT2D eigenvalue weighted by atomic mass is 16.3. The quantitative estimate of drug-likeness (QED) is 0.819. The number of aromatic hydroxyl groups is 1. The summed E-state index contributed by atoms with van der Waals surface area (Å²) in [6, 6.07) is 12.1. The number of ketones is 1. The molecule has 90 valence electrons. The molecular weight excluding hydrogens is 228 g/mol. The lowest BCUT2D eigenvalue weighted by Gasteiger charge is -2.01. The molecule has 1 N–H and O–H groups in total. The highest BCUT2D eigenvalue weighted by molar-refractivity contribution is 6.10. The third kappa shape index (κ3) is 2.46. The van der Waals surface area contributed by atoms with E-state index in [-0.39, 0.29) is 22.5 Å². The van der Waals surface area contributed by atoms with Gasteiger partial charge in [0.05, 0.1) is 5.56 Å². The second-order valence-electron chi connectivity index (χ2n) is 4.06. The lowest BCUT2D eigenvalue weighted by Crippen LogP contribution is -2.00. The number of carbonyl (C=O) groups excluding carboxylic acids is 1. The van der Waals surface area contributed by atoms with E-state index >= 15 is 0 Å². The molecule has 0 unspecified atom stereocenters. The monoisotopic (exact) mass is 240 g/mol. The molecular formula is C15H12O3. The highest BCUT2D eigenvalue weighted by Crippen LogP contribution is 2.18. The zero-order valence-corrected chi connectivity index (χ0v) is 9.88. The maximum absolute atomic E-state index is 12.2. The Bertz CT molecular complexity index is 643. The van der Waals surface area contributed by atoms with E-state index < -0.39 is 0 Å². The molecule has 0 spiro atoms. The van der Waals surface area contributed by atoms with Crippen LogP contribution in [0.2, 0.25) is 0 Å². The smallest absolute Gasteiger partial charge is 0.196 e. The maximum Gasteiger partial charge on any atom is 0.196 e. The van der Waals surface area contributed by atoms with Crippen molar-refractivity contribution in [1.29, 1.82) is 0 Å². The summed E-state index contributed by atoms with van der Waals surface area (Å²) in [5.74, 6) is -0.495. The van der Waals surface area contributed by atoms with Crippen LogP contribution < -0.4 is 5.43 Å². The standard InChI is InChI=1S/C15H12O3/c1-10-2-4-11(5-3-10)15(18)13-8-6-12(16)7-9-14(13)17/h2-9,17H,1H3. The normalized spacial score (nSPS) is 10.1. The van der Waals surface area contributed by atoms with Crippen LogP contribution in [0.3, 0.4) is 0 Å². The van der Waals surface area contributed by atoms with Crippen LogP contribution >= 0.6 is 0 Å². The molecule has 0 radical (unpaired) electrons. The van der Waals surface area contributed by atoms with Gasteiger partial charge in [0.2, 0.25) is 0 Å². The molecule has 0 fully saturated rings. The molecule has 0 amide bonds. The molecule has 0 aliphatic carbocycles. The average molecular weight is 240 g/mol. The van der Waals surface area contributed by atoms with Gasteiger partial charge in [-0.3, -0.25) is 9.59 Å². The predicted molar refractivity (Wildman–Crippen MR) is 69.0 cm³/mol. The van der Waals surface area contributed by atoms with E-state index in [2.05, 4.69) is 0 Å². The van der Waals surface area contributed by atoms with Gasteiger partial charge in [-0.2, -0.15) is 0 Å². The summed E-state index contributed by atoms with van der Waals surface area (Å²) in [5.41, 5.74) is 1.40. The van der Waals surface area contributed by atoms with Crippen molar-refractivity contribution >= 4 is 5.78 Å². The number of hydrogen-bond donors (Lipinski definition) is 1. The van der Waals surface area contributed by atoms with Gasteiger partial charge in [-0.15, -0.1) is 0 Å². The van der Waals surface area contributed by atoms with E-state index in [1.165, 1.54) is 24.3 Å². The Labute approximate surface area is 104 Å². The molecule has 0 aliphatic rings. The topological polar surface area (TPSA) is 54.4 Å². The first-order valence-electron chi connectivity index (χ1n) is 5.52. The summed E-state index contributed by atoms with van der Waals surface area (Å²) in [7, 11) is 0. The summed E-state index contributed by atoms with van der Waals surface area (Å²) in [6.07, 6.45) is 0. The first-order valence-corrected chi connectivity index (χ1v) is 5.52. The molecule has 0 atom stereocenters. The molecule has 18 heavy (non-hydrogen) atoms. The Morgan fingerprint density at radius 1 is 0.944 bits per heavy atom. The molecule has 3 heteroatoms. The fourth-order valence-electron chi connectivity index (χ4n) is 1.61. The van der Waals surface area contributed by atoms with Crippen LogP contribution in [-0.4, -0.2) is 10.9 Å². The Kier molecular flexibility index (Phi) is 3.24. The minimum absolute atomic E-state index is 0.126. The third-order valence-electron chi connectivity index (χ3n) is 2.65. The Morgan fingerprint density at radius 3 is 2.22 bits per heavy atom. The SMILES string of the molecule is Cc1ccc(C(=O)c2ccc(=O)ccc2O)cc1. The third-order valence-corrected chi connectivity index (χ3v) is 2.65. The number of carbonyl (C=O) groups is 1. The van der Waals surface area contributed by atoms with Crippen molar-refractivity contribution in [3.05, 3.63) is 75.4 Å². The highest BCUT2D eigenvalue weighted by Gasteiger charge is 2.12. The van der Waals surface area contributed by atoms with Crippen molar-refractivity contribution in [3.63, 3.8) is 0 Å². The van der Waals surface area contributed by atoms with E-state index in [4.69, 9.17) is 0 Å². The van der Waals surface area contributed by atoms with Crippen LogP contribution in [0.4, 0.5) is 0 Å². The van der Waals surface area contributed by atoms with Crippen molar-refractivity contribution in [1.82, 2.24) is 0 Å². The lowest BCUT2D eigenvalue weighted by molar-refractivity contribution is 0.103. The molecule has 3 nitrogen and oxygen atoms in total. The van der Waals surface area contributed by atoms with Crippen LogP contribution in [0.1, 0.15) is 21.5 Å². The lowest BCUT2D eigenvalue weighted by atomic mass is 10.0. The van der Waals surface area contributed by atoms with Crippen molar-refractivity contribution in [2.75, 3.05) is 0 Å². The number of aryl methyl sites for hydroxylation is 1. The van der Waals surface area contributed by atoms with Gasteiger partial charge >= 0.3 is 0 Å². The first-order chi connectivity index (χ1) is 8.58. The fraction of sp³-hybridized carbons (Fsp3) is 0.0667. The molecule has 0 saturated heterocycles. The van der Waals surface area contributed by atoms with Crippen molar-refractivity contribution in [2.45, 2.75) is 6.92 Å². The zero-order valence-electron chi connectivity index (χ0n) is 9.88. The minimum atomic E-state index is -0.303. The van der Waals surface area contributed by atoms with Gasteiger partial charge < -0.3 is 5.11 Å². The van der Waals surface area contributed by atoms with Gasteiger partial charge in [-0.1, -0.05) is 29.8 Å². The molecule has 0 saturated carbocycles. The molecule has 0 aromatic heterocycles. The van der Waals surface area contributed by atoms with Crippen LogP contribution in [-0.2, 0) is 0 Å². The minimum Gasteiger partial charge on any atom is -0.507 e. The molecule has 2 aromatic rings. The van der Waals surface area contributed by atoms with E-state index in [0.717, 1.165) is 5.56 Å². The maximum atomic E-state index is 12.2. The summed E-state index contributed by atoms with van der Waals surface area (Å²) in [6.45, 7) is 1.93. The predicted octanol–water partition coefficient (Wildman–Crippen LogP) is 2.29. The molecule has 2 aromatic carbocycles. The zero-order chi connectivity index (χ0) is 13.1. The molecule has 0 aliphatic heterocycles. The van der Waals surface area contributed by atoms with Crippen molar-refractivity contribution in [3.8, 4) is 5.75 Å². The van der Waals surface area contributed by atoms with Gasteiger partial charge in [0.1, 0.15) is 5.75 Å². The number of rotatable bonds is 2. The van der Waals surface area contributed by atoms with Crippen molar-refractivity contribution in [2.24, 2.45) is 0 Å².